The third-order valence-electron chi connectivity index (χ3n) is 3.87. The van der Waals surface area contributed by atoms with E-state index in [1.165, 1.54) is 4.68 Å². The topological polar surface area (TPSA) is 57.0 Å². The van der Waals surface area contributed by atoms with Crippen LogP contribution in [0.4, 0.5) is 0 Å². The standard InChI is InChI=1S/C18H15N3O2/c22-17-7-6-16(15-10-14-8-9-23-18(14)19-11-15)20-21(17)12-13-4-2-1-3-5-13/h1-7,10-11H,8-9,12H2. The maximum Gasteiger partial charge on any atom is 0.267 e. The summed E-state index contributed by atoms with van der Waals surface area (Å²) in [7, 11) is 0. The van der Waals surface area contributed by atoms with Gasteiger partial charge in [-0.15, -0.1) is 0 Å². The summed E-state index contributed by atoms with van der Waals surface area (Å²) in [5.41, 5.74) is 3.65. The normalized spacial score (nSPS) is 12.7. The first-order valence-electron chi connectivity index (χ1n) is 7.54. The van der Waals surface area contributed by atoms with Crippen molar-refractivity contribution in [2.45, 2.75) is 13.0 Å². The number of pyridine rings is 1. The number of fused-ring (bicyclic) bond motifs is 1. The summed E-state index contributed by atoms with van der Waals surface area (Å²) in [6.45, 7) is 1.13. The van der Waals surface area contributed by atoms with E-state index in [1.54, 1.807) is 18.3 Å². The summed E-state index contributed by atoms with van der Waals surface area (Å²) in [4.78, 5) is 16.4. The summed E-state index contributed by atoms with van der Waals surface area (Å²) >= 11 is 0. The molecule has 2 aromatic heterocycles. The first-order chi connectivity index (χ1) is 11.3. The predicted molar refractivity (Wildman–Crippen MR) is 86.5 cm³/mol. The van der Waals surface area contributed by atoms with Crippen molar-refractivity contribution in [2.24, 2.45) is 0 Å². The van der Waals surface area contributed by atoms with Crippen molar-refractivity contribution in [3.05, 3.63) is 76.2 Å². The molecule has 4 rings (SSSR count). The van der Waals surface area contributed by atoms with Crippen LogP contribution in [-0.2, 0) is 13.0 Å². The second-order valence-corrected chi connectivity index (χ2v) is 5.49. The summed E-state index contributed by atoms with van der Waals surface area (Å²) in [6, 6.07) is 15.1. The first kappa shape index (κ1) is 13.7. The molecular weight excluding hydrogens is 290 g/mol. The lowest BCUT2D eigenvalue weighted by Crippen LogP contribution is -2.22. The molecule has 114 valence electrons. The van der Waals surface area contributed by atoms with Gasteiger partial charge in [0, 0.05) is 29.8 Å². The molecule has 0 amide bonds. The zero-order chi connectivity index (χ0) is 15.6. The third kappa shape index (κ3) is 2.73. The first-order valence-corrected chi connectivity index (χ1v) is 7.54. The van der Waals surface area contributed by atoms with Gasteiger partial charge in [-0.2, -0.15) is 5.10 Å². The maximum atomic E-state index is 12.1. The molecule has 1 aliphatic heterocycles. The molecule has 0 fully saturated rings. The van der Waals surface area contributed by atoms with Crippen molar-refractivity contribution in [3.8, 4) is 17.1 Å². The van der Waals surface area contributed by atoms with Gasteiger partial charge in [-0.3, -0.25) is 4.79 Å². The van der Waals surface area contributed by atoms with E-state index in [0.717, 1.165) is 28.8 Å². The highest BCUT2D eigenvalue weighted by molar-refractivity contribution is 5.59. The van der Waals surface area contributed by atoms with Gasteiger partial charge in [0.05, 0.1) is 18.8 Å². The Labute approximate surface area is 133 Å². The number of ether oxygens (including phenoxy) is 1. The Morgan fingerprint density at radius 1 is 1.13 bits per heavy atom. The molecule has 0 unspecified atom stereocenters. The van der Waals surface area contributed by atoms with E-state index in [0.29, 0.717) is 19.0 Å². The molecule has 0 aliphatic carbocycles. The summed E-state index contributed by atoms with van der Waals surface area (Å²) < 4.78 is 6.90. The number of aromatic nitrogens is 3. The molecule has 0 saturated carbocycles. The van der Waals surface area contributed by atoms with E-state index in [1.807, 2.05) is 36.4 Å². The Hall–Kier alpha value is -2.95. The molecule has 0 saturated heterocycles. The fourth-order valence-electron chi connectivity index (χ4n) is 2.68. The monoisotopic (exact) mass is 305 g/mol. The average molecular weight is 305 g/mol. The highest BCUT2D eigenvalue weighted by atomic mass is 16.5. The van der Waals surface area contributed by atoms with Crippen LogP contribution in [0.15, 0.2) is 59.5 Å². The molecule has 5 nitrogen and oxygen atoms in total. The Morgan fingerprint density at radius 2 is 2.00 bits per heavy atom. The Bertz CT molecular complexity index is 904. The van der Waals surface area contributed by atoms with Crippen LogP contribution in [0.25, 0.3) is 11.3 Å². The lowest BCUT2D eigenvalue weighted by molar-refractivity contribution is 0.345. The molecule has 0 N–H and O–H groups in total. The van der Waals surface area contributed by atoms with Gasteiger partial charge < -0.3 is 4.74 Å². The number of rotatable bonds is 3. The molecule has 3 aromatic rings. The lowest BCUT2D eigenvalue weighted by Gasteiger charge is -2.08. The molecule has 0 bridgehead atoms. The minimum atomic E-state index is -0.116. The quantitative estimate of drug-likeness (QED) is 0.745. The fraction of sp³-hybridized carbons (Fsp3) is 0.167. The van der Waals surface area contributed by atoms with Crippen molar-refractivity contribution in [1.82, 2.24) is 14.8 Å². The highest BCUT2D eigenvalue weighted by Gasteiger charge is 2.15. The Balaban J connectivity index is 1.70. The maximum absolute atomic E-state index is 12.1. The molecule has 0 spiro atoms. The van der Waals surface area contributed by atoms with Gasteiger partial charge in [-0.25, -0.2) is 9.67 Å². The van der Waals surface area contributed by atoms with Gasteiger partial charge in [0.15, 0.2) is 0 Å². The highest BCUT2D eigenvalue weighted by Crippen LogP contribution is 2.26. The van der Waals surface area contributed by atoms with Gasteiger partial charge in [-0.1, -0.05) is 30.3 Å². The Kier molecular flexibility index (Phi) is 3.38. The summed E-state index contributed by atoms with van der Waals surface area (Å²) in [6.07, 6.45) is 2.60. The molecule has 1 aromatic carbocycles. The molecule has 0 atom stereocenters. The van der Waals surface area contributed by atoms with Crippen LogP contribution in [0, 0.1) is 0 Å². The third-order valence-corrected chi connectivity index (χ3v) is 3.87. The average Bonchev–Trinajstić information content (AvgIpc) is 3.05. The van der Waals surface area contributed by atoms with E-state index >= 15 is 0 Å². The van der Waals surface area contributed by atoms with E-state index in [9.17, 15) is 4.79 Å². The minimum Gasteiger partial charge on any atom is -0.477 e. The van der Waals surface area contributed by atoms with E-state index in [-0.39, 0.29) is 5.56 Å². The van der Waals surface area contributed by atoms with Crippen molar-refractivity contribution in [2.75, 3.05) is 6.61 Å². The zero-order valence-corrected chi connectivity index (χ0v) is 12.5. The van der Waals surface area contributed by atoms with Crippen molar-refractivity contribution < 1.29 is 4.74 Å². The van der Waals surface area contributed by atoms with Crippen LogP contribution >= 0.6 is 0 Å². The second kappa shape index (κ2) is 5.68. The van der Waals surface area contributed by atoms with Crippen molar-refractivity contribution >= 4 is 0 Å². The zero-order valence-electron chi connectivity index (χ0n) is 12.5. The summed E-state index contributed by atoms with van der Waals surface area (Å²) in [5.74, 6) is 0.700. The van der Waals surface area contributed by atoms with Crippen molar-refractivity contribution in [3.63, 3.8) is 0 Å². The molecular formula is C18H15N3O2. The van der Waals surface area contributed by atoms with Crippen LogP contribution in [-0.4, -0.2) is 21.4 Å². The SMILES string of the molecule is O=c1ccc(-c2cnc3c(c2)CCO3)nn1Cc1ccccc1. The van der Waals surface area contributed by atoms with Gasteiger partial charge in [0.1, 0.15) is 0 Å². The van der Waals surface area contributed by atoms with Crippen molar-refractivity contribution in [1.29, 1.82) is 0 Å². The summed E-state index contributed by atoms with van der Waals surface area (Å²) in [5, 5.41) is 4.49. The number of hydrogen-bond donors (Lipinski definition) is 0. The number of hydrogen-bond acceptors (Lipinski definition) is 4. The smallest absolute Gasteiger partial charge is 0.267 e. The van der Waals surface area contributed by atoms with Gasteiger partial charge >= 0.3 is 0 Å². The van der Waals surface area contributed by atoms with E-state index in [4.69, 9.17) is 4.74 Å². The largest absolute Gasteiger partial charge is 0.477 e. The lowest BCUT2D eigenvalue weighted by atomic mass is 10.1. The molecule has 1 aliphatic rings. The predicted octanol–water partition coefficient (Wildman–Crippen LogP) is 2.29. The van der Waals surface area contributed by atoms with E-state index in [2.05, 4.69) is 10.1 Å². The van der Waals surface area contributed by atoms with Crippen LogP contribution < -0.4 is 10.3 Å². The van der Waals surface area contributed by atoms with Gasteiger partial charge in [0.25, 0.3) is 5.56 Å². The van der Waals surface area contributed by atoms with E-state index < -0.39 is 0 Å². The van der Waals surface area contributed by atoms with Gasteiger partial charge in [0.2, 0.25) is 5.88 Å². The van der Waals surface area contributed by atoms with Crippen LogP contribution in [0.2, 0.25) is 0 Å². The fourth-order valence-corrected chi connectivity index (χ4v) is 2.68. The number of nitrogens with zero attached hydrogens (tertiary/aromatic N) is 3. The van der Waals surface area contributed by atoms with Crippen LogP contribution in [0.1, 0.15) is 11.1 Å². The van der Waals surface area contributed by atoms with Gasteiger partial charge in [-0.05, 0) is 17.7 Å². The molecule has 3 heterocycles. The molecule has 23 heavy (non-hydrogen) atoms. The second-order valence-electron chi connectivity index (χ2n) is 5.49. The molecule has 5 heteroatoms. The molecule has 0 radical (unpaired) electrons. The van der Waals surface area contributed by atoms with Crippen LogP contribution in [0.3, 0.4) is 0 Å². The number of benzene rings is 1. The van der Waals surface area contributed by atoms with Crippen LogP contribution in [0.5, 0.6) is 5.88 Å². The minimum absolute atomic E-state index is 0.116. The Morgan fingerprint density at radius 3 is 2.87 bits per heavy atom.